The fourth-order valence-electron chi connectivity index (χ4n) is 8.53. The Kier molecular flexibility index (Phi) is 6.78. The van der Waals surface area contributed by atoms with Gasteiger partial charge >= 0.3 is 0 Å². The van der Waals surface area contributed by atoms with Gasteiger partial charge in [-0.1, -0.05) is 148 Å². The van der Waals surface area contributed by atoms with Crippen LogP contribution in [0.25, 0.3) is 70.9 Å². The molecule has 10 aromatic rings. The van der Waals surface area contributed by atoms with Crippen molar-refractivity contribution in [3.05, 3.63) is 181 Å². The van der Waals surface area contributed by atoms with E-state index in [0.29, 0.717) is 0 Å². The maximum atomic E-state index is 2.45. The smallest absolute Gasteiger partial charge is 0.0541 e. The van der Waals surface area contributed by atoms with Gasteiger partial charge in [0, 0.05) is 32.9 Å². The van der Waals surface area contributed by atoms with Gasteiger partial charge in [-0.2, -0.15) is 0 Å². The lowest BCUT2D eigenvalue weighted by Crippen LogP contribution is -2.15. The second kappa shape index (κ2) is 11.6. The maximum Gasteiger partial charge on any atom is 0.0541 e. The number of fused-ring (bicyclic) bond motifs is 3. The molecule has 0 bridgehead atoms. The molecule has 9 aromatic carbocycles. The highest BCUT2D eigenvalue weighted by Gasteiger charge is 2.24. The third-order valence-corrected chi connectivity index (χ3v) is 10.8. The molecule has 0 amide bonds. The number of benzene rings is 9. The zero-order valence-corrected chi connectivity index (χ0v) is 29.6. The van der Waals surface area contributed by atoms with E-state index in [0.717, 1.165) is 17.1 Å². The molecule has 0 N–H and O–H groups in total. The number of anilines is 3. The Morgan fingerprint density at radius 1 is 0.442 bits per heavy atom. The first-order valence-electron chi connectivity index (χ1n) is 18.2. The molecule has 1 heterocycles. The summed E-state index contributed by atoms with van der Waals surface area (Å²) in [6.45, 7) is 6.91. The topological polar surface area (TPSA) is 8.17 Å². The van der Waals surface area contributed by atoms with Crippen LogP contribution >= 0.6 is 0 Å². The number of hydrogen-bond donors (Lipinski definition) is 0. The highest BCUT2D eigenvalue weighted by molar-refractivity contribution is 6.27. The van der Waals surface area contributed by atoms with Crippen molar-refractivity contribution in [1.29, 1.82) is 0 Å². The van der Waals surface area contributed by atoms with Gasteiger partial charge < -0.3 is 9.47 Å². The first-order valence-corrected chi connectivity index (χ1v) is 18.2. The molecule has 2 heteroatoms. The minimum Gasteiger partial charge on any atom is -0.310 e. The van der Waals surface area contributed by atoms with Crippen LogP contribution in [0.3, 0.4) is 0 Å². The van der Waals surface area contributed by atoms with E-state index in [1.165, 1.54) is 76.5 Å². The monoisotopic (exact) mass is 666 g/mol. The van der Waals surface area contributed by atoms with Crippen LogP contribution in [-0.2, 0) is 5.41 Å². The van der Waals surface area contributed by atoms with Crippen molar-refractivity contribution in [2.75, 3.05) is 4.90 Å². The predicted molar refractivity (Wildman–Crippen MR) is 223 cm³/mol. The molecule has 0 unspecified atom stereocenters. The molecular formula is C50H38N2. The molecule has 0 saturated heterocycles. The first kappa shape index (κ1) is 30.4. The minimum absolute atomic E-state index is 0.0116. The van der Waals surface area contributed by atoms with Crippen molar-refractivity contribution in [2.24, 2.45) is 0 Å². The molecule has 1 aromatic heterocycles. The molecule has 0 saturated carbocycles. The van der Waals surface area contributed by atoms with Crippen molar-refractivity contribution >= 4 is 71.2 Å². The Balaban J connectivity index is 1.25. The Bertz CT molecular complexity index is 2870. The van der Waals surface area contributed by atoms with Crippen molar-refractivity contribution in [2.45, 2.75) is 26.2 Å². The number of rotatable bonds is 5. The van der Waals surface area contributed by atoms with Gasteiger partial charge in [-0.05, 0) is 92.2 Å². The molecule has 52 heavy (non-hydrogen) atoms. The van der Waals surface area contributed by atoms with Crippen LogP contribution in [-0.4, -0.2) is 4.57 Å². The van der Waals surface area contributed by atoms with Crippen molar-refractivity contribution < 1.29 is 0 Å². The number of aromatic nitrogens is 1. The Labute approximate surface area is 304 Å². The number of hydrogen-bond acceptors (Lipinski definition) is 1. The standard InChI is InChI=1S/C50H38N2/c1-50(2,3)43-29-26-37(32-42(43)33-14-6-4-7-15-33)51(36-16-8-5-9-17-36)46-30-24-34-23-28-41-47(31-25-35-22-27-40(46)48(34)49(35)41)52-44-20-12-10-18-38(44)39-19-11-13-21-45(39)52/h4-32H,1-3H3. The maximum absolute atomic E-state index is 2.45. The molecule has 0 fully saturated rings. The van der Waals surface area contributed by atoms with Gasteiger partial charge in [-0.3, -0.25) is 0 Å². The van der Waals surface area contributed by atoms with Crippen LogP contribution in [0.1, 0.15) is 26.3 Å². The lowest BCUT2D eigenvalue weighted by Gasteiger charge is -2.30. The quantitative estimate of drug-likeness (QED) is 0.166. The van der Waals surface area contributed by atoms with Gasteiger partial charge in [0.2, 0.25) is 0 Å². The summed E-state index contributed by atoms with van der Waals surface area (Å²) in [6, 6.07) is 64.7. The SMILES string of the molecule is CC(C)(C)c1ccc(N(c2ccccc2)c2ccc3ccc4c(-n5c6ccccc6c6ccccc65)ccc5ccc2c3c54)cc1-c1ccccc1. The predicted octanol–water partition coefficient (Wildman–Crippen LogP) is 14.1. The number of nitrogens with zero attached hydrogens (tertiary/aromatic N) is 2. The van der Waals surface area contributed by atoms with Crippen molar-refractivity contribution in [3.8, 4) is 16.8 Å². The normalized spacial score (nSPS) is 12.1. The van der Waals surface area contributed by atoms with Gasteiger partial charge in [0.15, 0.2) is 0 Å². The van der Waals surface area contributed by atoms with Crippen LogP contribution in [0.15, 0.2) is 176 Å². The van der Waals surface area contributed by atoms with E-state index in [2.05, 4.69) is 206 Å². The largest absolute Gasteiger partial charge is 0.310 e. The molecule has 2 nitrogen and oxygen atoms in total. The molecule has 0 aliphatic heterocycles. The third kappa shape index (κ3) is 4.64. The van der Waals surface area contributed by atoms with Gasteiger partial charge in [0.05, 0.1) is 22.4 Å². The van der Waals surface area contributed by atoms with Gasteiger partial charge in [0.1, 0.15) is 0 Å². The zero-order valence-electron chi connectivity index (χ0n) is 29.6. The van der Waals surface area contributed by atoms with E-state index in [1.54, 1.807) is 0 Å². The Morgan fingerprint density at radius 2 is 1.00 bits per heavy atom. The zero-order chi connectivity index (χ0) is 35.0. The highest BCUT2D eigenvalue weighted by atomic mass is 15.1. The lowest BCUT2D eigenvalue weighted by molar-refractivity contribution is 0.592. The summed E-state index contributed by atoms with van der Waals surface area (Å²) in [5, 5.41) is 10.1. The minimum atomic E-state index is -0.0116. The third-order valence-electron chi connectivity index (χ3n) is 10.8. The molecule has 0 atom stereocenters. The van der Waals surface area contributed by atoms with E-state index in [1.807, 2.05) is 0 Å². The van der Waals surface area contributed by atoms with Gasteiger partial charge in [-0.25, -0.2) is 0 Å². The lowest BCUT2D eigenvalue weighted by atomic mass is 9.81. The summed E-state index contributed by atoms with van der Waals surface area (Å²) in [7, 11) is 0. The molecule has 0 spiro atoms. The number of para-hydroxylation sites is 3. The Morgan fingerprint density at radius 3 is 1.67 bits per heavy atom. The fourth-order valence-corrected chi connectivity index (χ4v) is 8.53. The average Bonchev–Trinajstić information content (AvgIpc) is 3.52. The summed E-state index contributed by atoms with van der Waals surface area (Å²) in [6.07, 6.45) is 0. The second-order valence-corrected chi connectivity index (χ2v) is 15.0. The molecule has 0 aliphatic carbocycles. The first-order chi connectivity index (χ1) is 25.5. The molecule has 10 rings (SSSR count). The summed E-state index contributed by atoms with van der Waals surface area (Å²) in [5.41, 5.74) is 10.9. The average molecular weight is 667 g/mol. The van der Waals surface area contributed by atoms with Crippen LogP contribution in [0, 0.1) is 0 Å². The summed E-state index contributed by atoms with van der Waals surface area (Å²) in [5.74, 6) is 0. The second-order valence-electron chi connectivity index (χ2n) is 15.0. The van der Waals surface area contributed by atoms with E-state index in [4.69, 9.17) is 0 Å². The molecule has 248 valence electrons. The van der Waals surface area contributed by atoms with Crippen molar-refractivity contribution in [3.63, 3.8) is 0 Å². The summed E-state index contributed by atoms with van der Waals surface area (Å²) < 4.78 is 2.45. The highest BCUT2D eigenvalue weighted by Crippen LogP contribution is 2.47. The van der Waals surface area contributed by atoms with E-state index in [9.17, 15) is 0 Å². The summed E-state index contributed by atoms with van der Waals surface area (Å²) >= 11 is 0. The van der Waals surface area contributed by atoms with Crippen molar-refractivity contribution in [1.82, 2.24) is 4.57 Å². The van der Waals surface area contributed by atoms with Gasteiger partial charge in [-0.15, -0.1) is 0 Å². The van der Waals surface area contributed by atoms with E-state index < -0.39 is 0 Å². The molecular weight excluding hydrogens is 629 g/mol. The van der Waals surface area contributed by atoms with Crippen LogP contribution in [0.2, 0.25) is 0 Å². The van der Waals surface area contributed by atoms with Gasteiger partial charge in [0.25, 0.3) is 0 Å². The van der Waals surface area contributed by atoms with Crippen LogP contribution in [0.5, 0.6) is 0 Å². The molecule has 0 radical (unpaired) electrons. The Hall–Kier alpha value is -6.38. The molecule has 0 aliphatic rings. The van der Waals surface area contributed by atoms with Crippen LogP contribution in [0.4, 0.5) is 17.1 Å². The fraction of sp³-hybridized carbons (Fsp3) is 0.0800. The van der Waals surface area contributed by atoms with E-state index in [-0.39, 0.29) is 5.41 Å². The summed E-state index contributed by atoms with van der Waals surface area (Å²) in [4.78, 5) is 2.44. The van der Waals surface area contributed by atoms with E-state index >= 15 is 0 Å². The van der Waals surface area contributed by atoms with Crippen LogP contribution < -0.4 is 4.90 Å².